The molecule has 1 aliphatic heterocycles. The minimum absolute atomic E-state index is 0.0227. The van der Waals surface area contributed by atoms with Crippen molar-refractivity contribution in [1.82, 2.24) is 0 Å². The zero-order valence-corrected chi connectivity index (χ0v) is 10.5. The Morgan fingerprint density at radius 2 is 2.20 bits per heavy atom. The maximum atomic E-state index is 9.75. The molecule has 0 saturated carbocycles. The van der Waals surface area contributed by atoms with Gasteiger partial charge in [0.2, 0.25) is 0 Å². The second-order valence-electron chi connectivity index (χ2n) is 4.40. The molecule has 0 aromatic carbocycles. The van der Waals surface area contributed by atoms with Crippen molar-refractivity contribution in [3.05, 3.63) is 22.9 Å². The van der Waals surface area contributed by atoms with E-state index in [1.807, 2.05) is 13.8 Å². The number of rotatable bonds is 1. The first kappa shape index (κ1) is 11.2. The fourth-order valence-corrected chi connectivity index (χ4v) is 2.80. The van der Waals surface area contributed by atoms with Crippen LogP contribution in [0.5, 0.6) is 0 Å². The van der Waals surface area contributed by atoms with Gasteiger partial charge in [0.05, 0.1) is 12.2 Å². The van der Waals surface area contributed by atoms with Crippen LogP contribution in [0.15, 0.2) is 22.9 Å². The van der Waals surface area contributed by atoms with Crippen molar-refractivity contribution in [1.29, 1.82) is 0 Å². The Bertz CT molecular complexity index is 322. The molecule has 0 aromatic rings. The maximum absolute atomic E-state index is 9.75. The first-order chi connectivity index (χ1) is 6.94. The molecular formula is C11H15BrO3. The standard InChI is InChI=1S/C11H15BrO3/c1-4-6-9(12)7(13)5-8-10(6)15-11(2,3)14-8/h4,6,8,10,13H,1,5H2,2-3H3/t6?,8-,10+/m1/s1. The number of aliphatic hydroxyl groups is 1. The number of hydrogen-bond donors (Lipinski definition) is 1. The second kappa shape index (κ2) is 3.61. The van der Waals surface area contributed by atoms with Gasteiger partial charge < -0.3 is 14.6 Å². The summed E-state index contributed by atoms with van der Waals surface area (Å²) in [5.74, 6) is -0.262. The van der Waals surface area contributed by atoms with Crippen molar-refractivity contribution in [3.63, 3.8) is 0 Å². The number of ether oxygens (including phenoxy) is 2. The molecule has 1 N–H and O–H groups in total. The monoisotopic (exact) mass is 274 g/mol. The lowest BCUT2D eigenvalue weighted by atomic mass is 9.89. The van der Waals surface area contributed by atoms with Crippen LogP contribution < -0.4 is 0 Å². The number of hydrogen-bond acceptors (Lipinski definition) is 3. The summed E-state index contributed by atoms with van der Waals surface area (Å²) in [6.07, 6.45) is 2.15. The van der Waals surface area contributed by atoms with Crippen LogP contribution in [0.4, 0.5) is 0 Å². The smallest absolute Gasteiger partial charge is 0.163 e. The molecule has 0 radical (unpaired) electrons. The summed E-state index contributed by atoms with van der Waals surface area (Å²) >= 11 is 3.38. The van der Waals surface area contributed by atoms with E-state index in [0.29, 0.717) is 12.2 Å². The van der Waals surface area contributed by atoms with E-state index in [9.17, 15) is 5.11 Å². The molecule has 2 aliphatic rings. The third kappa shape index (κ3) is 1.86. The molecule has 1 fully saturated rings. The van der Waals surface area contributed by atoms with E-state index >= 15 is 0 Å². The molecule has 4 heteroatoms. The molecule has 0 spiro atoms. The summed E-state index contributed by atoms with van der Waals surface area (Å²) in [5, 5.41) is 9.75. The third-order valence-corrected chi connectivity index (χ3v) is 3.78. The van der Waals surface area contributed by atoms with Gasteiger partial charge in [-0.3, -0.25) is 0 Å². The molecule has 1 saturated heterocycles. The van der Waals surface area contributed by atoms with Crippen LogP contribution in [0, 0.1) is 5.92 Å². The highest BCUT2D eigenvalue weighted by Crippen LogP contribution is 2.43. The first-order valence-corrected chi connectivity index (χ1v) is 5.79. The molecule has 3 atom stereocenters. The van der Waals surface area contributed by atoms with Gasteiger partial charge in [0.15, 0.2) is 5.79 Å². The van der Waals surface area contributed by atoms with E-state index in [2.05, 4.69) is 22.5 Å². The zero-order chi connectivity index (χ0) is 11.2. The average molecular weight is 275 g/mol. The predicted molar refractivity (Wildman–Crippen MR) is 60.7 cm³/mol. The Labute approximate surface area is 97.9 Å². The van der Waals surface area contributed by atoms with Gasteiger partial charge in [-0.1, -0.05) is 22.0 Å². The van der Waals surface area contributed by atoms with Crippen molar-refractivity contribution in [3.8, 4) is 0 Å². The predicted octanol–water partition coefficient (Wildman–Crippen LogP) is 2.88. The van der Waals surface area contributed by atoms with Crippen molar-refractivity contribution >= 4 is 15.9 Å². The molecule has 1 unspecified atom stereocenters. The average Bonchev–Trinajstić information content (AvgIpc) is 2.41. The lowest BCUT2D eigenvalue weighted by molar-refractivity contribution is -0.147. The highest BCUT2D eigenvalue weighted by atomic mass is 79.9. The number of fused-ring (bicyclic) bond motifs is 1. The van der Waals surface area contributed by atoms with E-state index in [1.165, 1.54) is 0 Å². The fourth-order valence-electron chi connectivity index (χ4n) is 2.19. The Morgan fingerprint density at radius 1 is 1.53 bits per heavy atom. The van der Waals surface area contributed by atoms with Crippen molar-refractivity contribution in [2.75, 3.05) is 0 Å². The molecule has 0 aromatic heterocycles. The molecular weight excluding hydrogens is 260 g/mol. The molecule has 0 bridgehead atoms. The topological polar surface area (TPSA) is 38.7 Å². The SMILES string of the molecule is C=CC1C(Br)=C(O)C[C@H]2OC(C)(C)O[C@@H]12. The van der Waals surface area contributed by atoms with Crippen LogP contribution in [0.25, 0.3) is 0 Å². The normalized spacial score (nSPS) is 39.0. The molecule has 15 heavy (non-hydrogen) atoms. The quantitative estimate of drug-likeness (QED) is 0.748. The summed E-state index contributed by atoms with van der Waals surface area (Å²) in [7, 11) is 0. The molecule has 2 rings (SSSR count). The number of halogens is 1. The maximum Gasteiger partial charge on any atom is 0.163 e. The Kier molecular flexibility index (Phi) is 2.69. The van der Waals surface area contributed by atoms with Gasteiger partial charge in [0.1, 0.15) is 5.76 Å². The molecule has 84 valence electrons. The molecule has 1 aliphatic carbocycles. The van der Waals surface area contributed by atoms with Crippen molar-refractivity contribution in [2.45, 2.75) is 38.3 Å². The van der Waals surface area contributed by atoms with Crippen LogP contribution in [0.1, 0.15) is 20.3 Å². The largest absolute Gasteiger partial charge is 0.511 e. The van der Waals surface area contributed by atoms with Gasteiger partial charge in [-0.05, 0) is 13.8 Å². The van der Waals surface area contributed by atoms with Crippen LogP contribution in [0.2, 0.25) is 0 Å². The van der Waals surface area contributed by atoms with Gasteiger partial charge in [0, 0.05) is 16.8 Å². The Hall–Kier alpha value is -0.320. The van der Waals surface area contributed by atoms with E-state index in [0.717, 1.165) is 4.48 Å². The number of aliphatic hydroxyl groups excluding tert-OH is 1. The summed E-state index contributed by atoms with van der Waals surface area (Å²) in [6, 6.07) is 0. The van der Waals surface area contributed by atoms with E-state index in [1.54, 1.807) is 6.08 Å². The van der Waals surface area contributed by atoms with Crippen LogP contribution >= 0.6 is 15.9 Å². The van der Waals surface area contributed by atoms with E-state index in [-0.39, 0.29) is 18.1 Å². The summed E-state index contributed by atoms with van der Waals surface area (Å²) in [5.41, 5.74) is 0. The van der Waals surface area contributed by atoms with Gasteiger partial charge >= 0.3 is 0 Å². The molecule has 3 nitrogen and oxygen atoms in total. The lowest BCUT2D eigenvalue weighted by Crippen LogP contribution is -2.34. The molecule has 0 amide bonds. The van der Waals surface area contributed by atoms with Gasteiger partial charge in [-0.15, -0.1) is 6.58 Å². The van der Waals surface area contributed by atoms with E-state index < -0.39 is 5.79 Å². The van der Waals surface area contributed by atoms with Crippen molar-refractivity contribution in [2.24, 2.45) is 5.92 Å². The highest BCUT2D eigenvalue weighted by Gasteiger charge is 2.48. The first-order valence-electron chi connectivity index (χ1n) is 5.00. The summed E-state index contributed by atoms with van der Waals surface area (Å²) in [6.45, 7) is 7.54. The van der Waals surface area contributed by atoms with Crippen LogP contribution in [-0.4, -0.2) is 23.1 Å². The van der Waals surface area contributed by atoms with Crippen LogP contribution in [-0.2, 0) is 9.47 Å². The van der Waals surface area contributed by atoms with Gasteiger partial charge in [0.25, 0.3) is 0 Å². The minimum Gasteiger partial charge on any atom is -0.511 e. The van der Waals surface area contributed by atoms with Crippen LogP contribution in [0.3, 0.4) is 0 Å². The van der Waals surface area contributed by atoms with Crippen molar-refractivity contribution < 1.29 is 14.6 Å². The summed E-state index contributed by atoms with van der Waals surface area (Å²) < 4.78 is 12.3. The zero-order valence-electron chi connectivity index (χ0n) is 8.87. The third-order valence-electron chi connectivity index (χ3n) is 2.79. The Morgan fingerprint density at radius 3 is 2.80 bits per heavy atom. The highest BCUT2D eigenvalue weighted by molar-refractivity contribution is 9.11. The van der Waals surface area contributed by atoms with Gasteiger partial charge in [-0.2, -0.15) is 0 Å². The fraction of sp³-hybridized carbons (Fsp3) is 0.636. The van der Waals surface area contributed by atoms with Gasteiger partial charge in [-0.25, -0.2) is 0 Å². The minimum atomic E-state index is -0.575. The van der Waals surface area contributed by atoms with E-state index in [4.69, 9.17) is 9.47 Å². The second-order valence-corrected chi connectivity index (χ2v) is 5.25. The summed E-state index contributed by atoms with van der Waals surface area (Å²) in [4.78, 5) is 0. The lowest BCUT2D eigenvalue weighted by Gasteiger charge is -2.29. The Balaban J connectivity index is 2.30. The molecule has 1 heterocycles.